The molecule has 4 atom stereocenters. The molecule has 0 saturated carbocycles. The topological polar surface area (TPSA) is 112 Å². The quantitative estimate of drug-likeness (QED) is 0.574. The number of imide groups is 1. The van der Waals surface area contributed by atoms with Crippen molar-refractivity contribution in [3.63, 3.8) is 0 Å². The smallest absolute Gasteiger partial charge is 0.417 e. The molecule has 0 unspecified atom stereocenters. The second-order valence-corrected chi connectivity index (χ2v) is 7.33. The lowest BCUT2D eigenvalue weighted by molar-refractivity contribution is -0.153. The van der Waals surface area contributed by atoms with Crippen molar-refractivity contribution in [1.29, 1.82) is 0 Å². The van der Waals surface area contributed by atoms with Gasteiger partial charge in [-0.1, -0.05) is 30.3 Å². The van der Waals surface area contributed by atoms with Crippen molar-refractivity contribution in [3.8, 4) is 0 Å². The lowest BCUT2D eigenvalue weighted by Gasteiger charge is -2.30. The van der Waals surface area contributed by atoms with Gasteiger partial charge in [-0.15, -0.1) is 0 Å². The number of hydrogen-bond donors (Lipinski definition) is 1. The summed E-state index contributed by atoms with van der Waals surface area (Å²) in [5.41, 5.74) is 0.763. The second kappa shape index (κ2) is 11.0. The molecule has 0 bridgehead atoms. The van der Waals surface area contributed by atoms with Gasteiger partial charge in [-0.2, -0.15) is 0 Å². The Bertz CT molecular complexity index is 881. The van der Waals surface area contributed by atoms with Crippen molar-refractivity contribution in [1.82, 2.24) is 4.90 Å². The average Bonchev–Trinajstić information content (AvgIpc) is 3.10. The zero-order valence-corrected chi connectivity index (χ0v) is 18.0. The molecule has 9 nitrogen and oxygen atoms in total. The fourth-order valence-electron chi connectivity index (χ4n) is 3.62. The summed E-state index contributed by atoms with van der Waals surface area (Å²) in [7, 11) is 1.28. The second-order valence-electron chi connectivity index (χ2n) is 7.33. The zero-order valence-electron chi connectivity index (χ0n) is 18.0. The summed E-state index contributed by atoms with van der Waals surface area (Å²) in [5, 5.41) is 8.73. The van der Waals surface area contributed by atoms with E-state index >= 15 is 0 Å². The van der Waals surface area contributed by atoms with Crippen LogP contribution in [0.2, 0.25) is 0 Å². The van der Waals surface area contributed by atoms with E-state index in [2.05, 4.69) is 0 Å². The predicted molar refractivity (Wildman–Crippen MR) is 112 cm³/mol. The van der Waals surface area contributed by atoms with Crippen LogP contribution in [0.3, 0.4) is 0 Å². The van der Waals surface area contributed by atoms with E-state index in [1.54, 1.807) is 13.0 Å². The summed E-state index contributed by atoms with van der Waals surface area (Å²) in [6.45, 7) is 2.23. The minimum atomic E-state index is -1.33. The number of ether oxygens (including phenoxy) is 4. The molecule has 1 N–H and O–H groups in total. The first-order valence-corrected chi connectivity index (χ1v) is 10.4. The van der Waals surface area contributed by atoms with Gasteiger partial charge in [0.15, 0.2) is 18.0 Å². The Morgan fingerprint density at radius 1 is 1.19 bits per heavy atom. The number of carbonyl (C=O) groups is 3. The van der Waals surface area contributed by atoms with Crippen LogP contribution in [-0.4, -0.2) is 73.0 Å². The number of carbonyl (C=O) groups excluding carboxylic acids is 3. The Morgan fingerprint density at radius 2 is 1.94 bits per heavy atom. The summed E-state index contributed by atoms with van der Waals surface area (Å²) in [6.07, 6.45) is 1.02. The van der Waals surface area contributed by atoms with E-state index in [9.17, 15) is 14.4 Å². The summed E-state index contributed by atoms with van der Waals surface area (Å²) in [4.78, 5) is 39.2. The first-order chi connectivity index (χ1) is 15.5. The zero-order chi connectivity index (χ0) is 23.1. The SMILES string of the molecule is CO[C@H](C(=O)N1C(=O)O[C@H](c2ccccc2)[C@@H]1C)[C@@H]1OC(=CCCOCCO)C=CC1=O. The number of hydrogen-bond acceptors (Lipinski definition) is 8. The Morgan fingerprint density at radius 3 is 2.62 bits per heavy atom. The number of allylic oxidation sites excluding steroid dienone is 1. The third-order valence-electron chi connectivity index (χ3n) is 5.21. The summed E-state index contributed by atoms with van der Waals surface area (Å²) >= 11 is 0. The average molecular weight is 445 g/mol. The number of rotatable bonds is 9. The minimum absolute atomic E-state index is 0.0658. The number of benzene rings is 1. The molecule has 1 aromatic rings. The van der Waals surface area contributed by atoms with Crippen molar-refractivity contribution < 1.29 is 38.4 Å². The molecule has 1 saturated heterocycles. The van der Waals surface area contributed by atoms with Gasteiger partial charge in [0.05, 0.1) is 25.9 Å². The maximum absolute atomic E-state index is 13.2. The van der Waals surface area contributed by atoms with Crippen LogP contribution in [0.5, 0.6) is 0 Å². The van der Waals surface area contributed by atoms with Gasteiger partial charge in [-0.25, -0.2) is 9.69 Å². The third-order valence-corrected chi connectivity index (χ3v) is 5.21. The van der Waals surface area contributed by atoms with Gasteiger partial charge in [0, 0.05) is 7.11 Å². The van der Waals surface area contributed by atoms with E-state index in [0.717, 1.165) is 10.5 Å². The highest BCUT2D eigenvalue weighted by atomic mass is 16.6. The molecule has 0 aromatic heterocycles. The van der Waals surface area contributed by atoms with E-state index in [-0.39, 0.29) is 13.2 Å². The fraction of sp³-hybridized carbons (Fsp3) is 0.435. The molecule has 3 rings (SSSR count). The molecule has 1 aromatic carbocycles. The van der Waals surface area contributed by atoms with Gasteiger partial charge >= 0.3 is 6.09 Å². The van der Waals surface area contributed by atoms with Crippen LogP contribution >= 0.6 is 0 Å². The molecule has 2 amide bonds. The van der Waals surface area contributed by atoms with E-state index < -0.39 is 42.1 Å². The van der Waals surface area contributed by atoms with Crippen LogP contribution in [-0.2, 0) is 28.5 Å². The molecular weight excluding hydrogens is 418 g/mol. The summed E-state index contributed by atoms with van der Waals surface area (Å²) in [5.74, 6) is -0.766. The molecular formula is C23H27NO8. The molecule has 1 fully saturated rings. The number of cyclic esters (lactones) is 1. The van der Waals surface area contributed by atoms with Crippen LogP contribution < -0.4 is 0 Å². The number of nitrogens with zero attached hydrogens (tertiary/aromatic N) is 1. The molecule has 32 heavy (non-hydrogen) atoms. The highest BCUT2D eigenvalue weighted by Crippen LogP contribution is 2.33. The van der Waals surface area contributed by atoms with Crippen molar-refractivity contribution in [3.05, 3.63) is 59.9 Å². The molecule has 172 valence electrons. The largest absolute Gasteiger partial charge is 0.479 e. The van der Waals surface area contributed by atoms with Crippen molar-refractivity contribution in [2.24, 2.45) is 0 Å². The van der Waals surface area contributed by atoms with E-state index in [1.165, 1.54) is 19.3 Å². The van der Waals surface area contributed by atoms with Crippen LogP contribution in [0, 0.1) is 0 Å². The molecule has 0 aliphatic carbocycles. The number of aliphatic hydroxyl groups excluding tert-OH is 1. The fourth-order valence-corrected chi connectivity index (χ4v) is 3.62. The molecule has 0 radical (unpaired) electrons. The van der Waals surface area contributed by atoms with E-state index in [1.807, 2.05) is 30.3 Å². The van der Waals surface area contributed by atoms with Crippen molar-refractivity contribution >= 4 is 17.8 Å². The van der Waals surface area contributed by atoms with Gasteiger partial charge in [-0.05, 0) is 37.1 Å². The van der Waals surface area contributed by atoms with Crippen molar-refractivity contribution in [2.45, 2.75) is 37.7 Å². The third kappa shape index (κ3) is 5.24. The van der Waals surface area contributed by atoms with Gasteiger partial charge in [0.1, 0.15) is 11.9 Å². The van der Waals surface area contributed by atoms with Crippen LogP contribution in [0.15, 0.2) is 54.3 Å². The lowest BCUT2D eigenvalue weighted by Crippen LogP contribution is -2.52. The molecule has 2 aliphatic rings. The normalized spacial score (nSPS) is 25.0. The first-order valence-electron chi connectivity index (χ1n) is 10.4. The van der Waals surface area contributed by atoms with Gasteiger partial charge in [0.2, 0.25) is 0 Å². The minimum Gasteiger partial charge on any atom is -0.479 e. The highest BCUT2D eigenvalue weighted by Gasteiger charge is 2.48. The standard InChI is InChI=1S/C23H27NO8/c1-15-19(16-7-4-3-5-8-16)32-23(28)24(15)22(27)21(29-2)20-18(26)11-10-17(31-20)9-6-13-30-14-12-25/h3-5,7-11,15,19-21,25H,6,12-14H2,1-2H3/t15-,19-,20+,21-/m0/s1. The van der Waals surface area contributed by atoms with E-state index in [0.29, 0.717) is 18.8 Å². The van der Waals surface area contributed by atoms with Crippen LogP contribution in [0.4, 0.5) is 4.79 Å². The number of methoxy groups -OCH3 is 1. The maximum Gasteiger partial charge on any atom is 0.417 e. The van der Waals surface area contributed by atoms with Gasteiger partial charge < -0.3 is 24.1 Å². The molecule has 0 spiro atoms. The van der Waals surface area contributed by atoms with Crippen molar-refractivity contribution in [2.75, 3.05) is 26.9 Å². The Labute approximate surface area is 186 Å². The Kier molecular flexibility index (Phi) is 8.15. The predicted octanol–water partition coefficient (Wildman–Crippen LogP) is 1.92. The van der Waals surface area contributed by atoms with Gasteiger partial charge in [-0.3, -0.25) is 9.59 Å². The lowest BCUT2D eigenvalue weighted by atomic mass is 10.0. The Balaban J connectivity index is 1.72. The first kappa shape index (κ1) is 23.6. The van der Waals surface area contributed by atoms with Crippen LogP contribution in [0.1, 0.15) is 25.0 Å². The molecule has 2 heterocycles. The summed E-state index contributed by atoms with van der Waals surface area (Å²) in [6, 6.07) is 8.52. The molecule has 9 heteroatoms. The highest BCUT2D eigenvalue weighted by molar-refractivity contribution is 6.03. The number of ketones is 1. The van der Waals surface area contributed by atoms with E-state index in [4.69, 9.17) is 24.1 Å². The summed E-state index contributed by atoms with van der Waals surface area (Å²) < 4.78 is 21.7. The monoisotopic (exact) mass is 445 g/mol. The number of amides is 2. The number of aliphatic hydroxyl groups is 1. The van der Waals surface area contributed by atoms with Crippen LogP contribution in [0.25, 0.3) is 0 Å². The maximum atomic E-state index is 13.2. The molecule has 2 aliphatic heterocycles. The Hall–Kier alpha value is -3.01. The van der Waals surface area contributed by atoms with Gasteiger partial charge in [0.25, 0.3) is 5.91 Å².